The van der Waals surface area contributed by atoms with E-state index in [1.54, 1.807) is 0 Å². The van der Waals surface area contributed by atoms with E-state index in [4.69, 9.17) is 9.47 Å². The molecular weight excluding hydrogens is 288 g/mol. The van der Waals surface area contributed by atoms with E-state index < -0.39 is 6.10 Å². The number of hydrogen-bond acceptors (Lipinski definition) is 5. The number of carbonyl (C=O) groups is 1. The molecule has 2 atom stereocenters. The molecule has 5 nitrogen and oxygen atoms in total. The quantitative estimate of drug-likeness (QED) is 0.877. The minimum absolute atomic E-state index is 0.105. The first-order valence-electron chi connectivity index (χ1n) is 7.45. The molecule has 0 radical (unpaired) electrons. The summed E-state index contributed by atoms with van der Waals surface area (Å²) in [5, 5.41) is 3.50. The molecule has 1 saturated heterocycles. The molecule has 1 aliphatic heterocycles. The molecule has 0 saturated carbocycles. The Balaban J connectivity index is 1.91. The van der Waals surface area contributed by atoms with Crippen molar-refractivity contribution in [3.63, 3.8) is 0 Å². The maximum absolute atomic E-state index is 12.4. The van der Waals surface area contributed by atoms with Gasteiger partial charge in [-0.3, -0.25) is 10.1 Å². The standard InChI is InChI=1S/C15H24N2O3S/c1-9(2)13(20-8-12-6-5-7-19-12)14(18)17-15-16-10(3)11(4)21-15/h9,12-13H,5-8H2,1-4H3,(H,16,17,18). The third-order valence-corrected chi connectivity index (χ3v) is 4.60. The van der Waals surface area contributed by atoms with Crippen LogP contribution in [0.25, 0.3) is 0 Å². The van der Waals surface area contributed by atoms with E-state index in [0.29, 0.717) is 11.7 Å². The second kappa shape index (κ2) is 7.33. The number of rotatable bonds is 6. The maximum atomic E-state index is 12.4. The van der Waals surface area contributed by atoms with Crippen LogP contribution in [-0.4, -0.2) is 36.3 Å². The van der Waals surface area contributed by atoms with Crippen LogP contribution in [0.3, 0.4) is 0 Å². The Morgan fingerprint density at radius 3 is 2.81 bits per heavy atom. The van der Waals surface area contributed by atoms with E-state index in [0.717, 1.165) is 30.0 Å². The summed E-state index contributed by atoms with van der Waals surface area (Å²) < 4.78 is 11.3. The first-order valence-corrected chi connectivity index (χ1v) is 8.27. The molecule has 118 valence electrons. The van der Waals surface area contributed by atoms with Gasteiger partial charge in [0.05, 0.1) is 18.4 Å². The minimum atomic E-state index is -0.473. The molecule has 0 aromatic carbocycles. The average Bonchev–Trinajstić information content (AvgIpc) is 3.00. The molecule has 2 unspecified atom stereocenters. The molecule has 2 rings (SSSR count). The molecule has 0 spiro atoms. The Kier molecular flexibility index (Phi) is 5.72. The van der Waals surface area contributed by atoms with Gasteiger partial charge >= 0.3 is 0 Å². The third kappa shape index (κ3) is 4.49. The molecule has 0 aliphatic carbocycles. The van der Waals surface area contributed by atoms with Crippen molar-refractivity contribution in [2.75, 3.05) is 18.5 Å². The predicted octanol–water partition coefficient (Wildman–Crippen LogP) is 2.92. The van der Waals surface area contributed by atoms with Crippen molar-refractivity contribution >= 4 is 22.4 Å². The lowest BCUT2D eigenvalue weighted by Gasteiger charge is -2.22. The zero-order chi connectivity index (χ0) is 15.4. The van der Waals surface area contributed by atoms with E-state index >= 15 is 0 Å². The highest BCUT2D eigenvalue weighted by molar-refractivity contribution is 7.15. The van der Waals surface area contributed by atoms with Gasteiger partial charge in [-0.15, -0.1) is 11.3 Å². The summed E-state index contributed by atoms with van der Waals surface area (Å²) in [7, 11) is 0. The Morgan fingerprint density at radius 2 is 2.29 bits per heavy atom. The molecule has 1 amide bonds. The lowest BCUT2D eigenvalue weighted by Crippen LogP contribution is -2.36. The minimum Gasteiger partial charge on any atom is -0.376 e. The number of amides is 1. The summed E-state index contributed by atoms with van der Waals surface area (Å²) in [5.41, 5.74) is 0.955. The van der Waals surface area contributed by atoms with Gasteiger partial charge in [0.25, 0.3) is 5.91 Å². The van der Waals surface area contributed by atoms with Gasteiger partial charge < -0.3 is 9.47 Å². The summed E-state index contributed by atoms with van der Waals surface area (Å²) >= 11 is 1.49. The number of aromatic nitrogens is 1. The van der Waals surface area contributed by atoms with Crippen molar-refractivity contribution in [1.29, 1.82) is 0 Å². The van der Waals surface area contributed by atoms with E-state index in [-0.39, 0.29) is 17.9 Å². The summed E-state index contributed by atoms with van der Waals surface area (Å²) in [6.07, 6.45) is 1.74. The van der Waals surface area contributed by atoms with E-state index in [9.17, 15) is 4.79 Å². The third-order valence-electron chi connectivity index (χ3n) is 3.61. The maximum Gasteiger partial charge on any atom is 0.255 e. The molecular formula is C15H24N2O3S. The smallest absolute Gasteiger partial charge is 0.255 e. The Labute approximate surface area is 130 Å². The lowest BCUT2D eigenvalue weighted by molar-refractivity contribution is -0.132. The number of thiazole rings is 1. The van der Waals surface area contributed by atoms with Gasteiger partial charge in [-0.2, -0.15) is 0 Å². The molecule has 1 N–H and O–H groups in total. The van der Waals surface area contributed by atoms with Crippen LogP contribution in [0.5, 0.6) is 0 Å². The monoisotopic (exact) mass is 312 g/mol. The number of nitrogens with one attached hydrogen (secondary N) is 1. The normalized spacial score (nSPS) is 20.0. The van der Waals surface area contributed by atoms with Crippen molar-refractivity contribution < 1.29 is 14.3 Å². The molecule has 6 heteroatoms. The summed E-state index contributed by atoms with van der Waals surface area (Å²) in [5.74, 6) is -0.0229. The van der Waals surface area contributed by atoms with Crippen LogP contribution in [0.4, 0.5) is 5.13 Å². The van der Waals surface area contributed by atoms with Crippen molar-refractivity contribution in [1.82, 2.24) is 4.98 Å². The highest BCUT2D eigenvalue weighted by atomic mass is 32.1. The lowest BCUT2D eigenvalue weighted by atomic mass is 10.1. The zero-order valence-corrected chi connectivity index (χ0v) is 14.0. The van der Waals surface area contributed by atoms with Crippen LogP contribution in [-0.2, 0) is 14.3 Å². The largest absolute Gasteiger partial charge is 0.376 e. The van der Waals surface area contributed by atoms with Gasteiger partial charge in [0, 0.05) is 11.5 Å². The molecule has 0 bridgehead atoms. The Bertz CT molecular complexity index is 462. The SMILES string of the molecule is Cc1nc(NC(=O)C(OCC2CCCO2)C(C)C)sc1C. The number of carbonyl (C=O) groups excluding carboxylic acids is 1. The van der Waals surface area contributed by atoms with E-state index in [1.807, 2.05) is 27.7 Å². The van der Waals surface area contributed by atoms with Crippen LogP contribution in [0.1, 0.15) is 37.3 Å². The first kappa shape index (κ1) is 16.4. The number of anilines is 1. The van der Waals surface area contributed by atoms with Gasteiger partial charge in [0.1, 0.15) is 6.10 Å². The molecule has 1 aromatic rings. The van der Waals surface area contributed by atoms with Gasteiger partial charge in [0.2, 0.25) is 0 Å². The number of hydrogen-bond donors (Lipinski definition) is 1. The number of ether oxygens (including phenoxy) is 2. The average molecular weight is 312 g/mol. The Morgan fingerprint density at radius 1 is 1.52 bits per heavy atom. The Hall–Kier alpha value is -0.980. The second-order valence-corrected chi connectivity index (χ2v) is 6.99. The number of nitrogens with zero attached hydrogens (tertiary/aromatic N) is 1. The van der Waals surface area contributed by atoms with Crippen molar-refractivity contribution in [3.8, 4) is 0 Å². The summed E-state index contributed by atoms with van der Waals surface area (Å²) in [6.45, 7) is 9.18. The fraction of sp³-hybridized carbons (Fsp3) is 0.733. The zero-order valence-electron chi connectivity index (χ0n) is 13.1. The molecule has 1 fully saturated rings. The molecule has 1 aliphatic rings. The fourth-order valence-electron chi connectivity index (χ4n) is 2.26. The number of aryl methyl sites for hydroxylation is 2. The van der Waals surface area contributed by atoms with Crippen LogP contribution in [0.15, 0.2) is 0 Å². The fourth-order valence-corrected chi connectivity index (χ4v) is 3.08. The van der Waals surface area contributed by atoms with Gasteiger partial charge in [-0.05, 0) is 32.6 Å². The van der Waals surface area contributed by atoms with Crippen LogP contribution < -0.4 is 5.32 Å². The predicted molar refractivity (Wildman–Crippen MR) is 83.8 cm³/mol. The van der Waals surface area contributed by atoms with Gasteiger partial charge in [0.15, 0.2) is 5.13 Å². The van der Waals surface area contributed by atoms with Crippen molar-refractivity contribution in [3.05, 3.63) is 10.6 Å². The highest BCUT2D eigenvalue weighted by Gasteiger charge is 2.26. The van der Waals surface area contributed by atoms with E-state index in [2.05, 4.69) is 10.3 Å². The summed E-state index contributed by atoms with van der Waals surface area (Å²) in [6, 6.07) is 0. The van der Waals surface area contributed by atoms with Crippen LogP contribution in [0.2, 0.25) is 0 Å². The van der Waals surface area contributed by atoms with E-state index in [1.165, 1.54) is 11.3 Å². The van der Waals surface area contributed by atoms with Gasteiger partial charge in [-0.1, -0.05) is 13.8 Å². The van der Waals surface area contributed by atoms with Crippen LogP contribution in [0, 0.1) is 19.8 Å². The summed E-state index contributed by atoms with van der Waals surface area (Å²) in [4.78, 5) is 17.8. The van der Waals surface area contributed by atoms with Gasteiger partial charge in [-0.25, -0.2) is 4.98 Å². The van der Waals surface area contributed by atoms with Crippen molar-refractivity contribution in [2.24, 2.45) is 5.92 Å². The molecule has 1 aromatic heterocycles. The molecule has 21 heavy (non-hydrogen) atoms. The highest BCUT2D eigenvalue weighted by Crippen LogP contribution is 2.22. The first-order chi connectivity index (χ1) is 9.97. The van der Waals surface area contributed by atoms with Crippen LogP contribution >= 0.6 is 11.3 Å². The topological polar surface area (TPSA) is 60.5 Å². The second-order valence-electron chi connectivity index (χ2n) is 5.78. The van der Waals surface area contributed by atoms with Crippen molar-refractivity contribution in [2.45, 2.75) is 52.7 Å². The molecule has 2 heterocycles.